The quantitative estimate of drug-likeness (QED) is 0.823. The molecule has 1 aromatic carbocycles. The van der Waals surface area contributed by atoms with E-state index < -0.39 is 0 Å². The molecule has 1 amide bonds. The van der Waals surface area contributed by atoms with Gasteiger partial charge in [-0.25, -0.2) is 0 Å². The molecule has 142 valence electrons. The van der Waals surface area contributed by atoms with Gasteiger partial charge in [-0.2, -0.15) is 5.26 Å². The van der Waals surface area contributed by atoms with Crippen LogP contribution in [-0.4, -0.2) is 79.4 Å². The Morgan fingerprint density at radius 1 is 1.11 bits per heavy atom. The van der Waals surface area contributed by atoms with Crippen molar-refractivity contribution in [2.24, 2.45) is 0 Å². The predicted molar refractivity (Wildman–Crippen MR) is 101 cm³/mol. The Labute approximate surface area is 159 Å². The van der Waals surface area contributed by atoms with Crippen LogP contribution in [0.3, 0.4) is 0 Å². The molecule has 3 aliphatic rings. The fourth-order valence-electron chi connectivity index (χ4n) is 4.31. The maximum Gasteiger partial charge on any atom is 0.240 e. The molecule has 0 radical (unpaired) electrons. The standard InChI is InChI=1S/C20H25N5O2/c21-12-15-1-3-16(4-2-15)23-7-9-24(10-8-23)17-11-19(22-13-17)20(27)25-6-5-18(26)14-25/h1-4,17,19,22H,5-11,13-14H2/t17-,19-/m0/s1. The number of carbonyl (C=O) groups is 2. The molecule has 0 saturated carbocycles. The van der Waals surface area contributed by atoms with Crippen molar-refractivity contribution in [3.63, 3.8) is 0 Å². The molecular weight excluding hydrogens is 342 g/mol. The molecule has 7 nitrogen and oxygen atoms in total. The first-order chi connectivity index (χ1) is 13.1. The van der Waals surface area contributed by atoms with E-state index in [1.54, 1.807) is 4.90 Å². The van der Waals surface area contributed by atoms with Crippen molar-refractivity contribution in [1.29, 1.82) is 5.26 Å². The highest BCUT2D eigenvalue weighted by Gasteiger charge is 2.37. The Kier molecular flexibility index (Phi) is 5.10. The molecule has 4 rings (SSSR count). The predicted octanol–water partition coefficient (Wildman–Crippen LogP) is 0.212. The number of nitriles is 1. The normalized spacial score (nSPS) is 26.4. The number of nitrogens with zero attached hydrogens (tertiary/aromatic N) is 4. The number of amides is 1. The number of rotatable bonds is 3. The third-order valence-electron chi connectivity index (χ3n) is 5.94. The van der Waals surface area contributed by atoms with Crippen LogP contribution in [0.15, 0.2) is 24.3 Å². The minimum absolute atomic E-state index is 0.0829. The third kappa shape index (κ3) is 3.82. The molecule has 0 aliphatic carbocycles. The van der Waals surface area contributed by atoms with Gasteiger partial charge in [0.1, 0.15) is 0 Å². The van der Waals surface area contributed by atoms with E-state index in [9.17, 15) is 9.59 Å². The summed E-state index contributed by atoms with van der Waals surface area (Å²) in [7, 11) is 0. The molecule has 0 unspecified atom stereocenters. The highest BCUT2D eigenvalue weighted by Crippen LogP contribution is 2.22. The fourth-order valence-corrected chi connectivity index (χ4v) is 4.31. The Morgan fingerprint density at radius 2 is 1.85 bits per heavy atom. The summed E-state index contributed by atoms with van der Waals surface area (Å²) >= 11 is 0. The summed E-state index contributed by atoms with van der Waals surface area (Å²) in [5.74, 6) is 0.247. The topological polar surface area (TPSA) is 79.7 Å². The summed E-state index contributed by atoms with van der Waals surface area (Å²) in [6.07, 6.45) is 1.32. The summed E-state index contributed by atoms with van der Waals surface area (Å²) in [6.45, 7) is 5.51. The van der Waals surface area contributed by atoms with Gasteiger partial charge in [0.2, 0.25) is 5.91 Å². The van der Waals surface area contributed by atoms with E-state index in [-0.39, 0.29) is 24.3 Å². The van der Waals surface area contributed by atoms with Crippen LogP contribution in [0, 0.1) is 11.3 Å². The van der Waals surface area contributed by atoms with Crippen LogP contribution < -0.4 is 10.2 Å². The van der Waals surface area contributed by atoms with Crippen molar-refractivity contribution in [2.75, 3.05) is 50.7 Å². The number of hydrogen-bond donors (Lipinski definition) is 1. The molecule has 0 spiro atoms. The second kappa shape index (κ2) is 7.67. The SMILES string of the molecule is N#Cc1ccc(N2CCN([C@@H]3CN[C@H](C(=O)N4CCC(=O)C4)C3)CC2)cc1. The van der Waals surface area contributed by atoms with Gasteiger partial charge in [-0.15, -0.1) is 0 Å². The average Bonchev–Trinajstić information content (AvgIpc) is 3.37. The van der Waals surface area contributed by atoms with E-state index in [0.29, 0.717) is 24.6 Å². The van der Waals surface area contributed by atoms with Gasteiger partial charge in [-0.1, -0.05) is 0 Å². The molecule has 1 N–H and O–H groups in total. The molecule has 1 aromatic rings. The first-order valence-electron chi connectivity index (χ1n) is 9.67. The summed E-state index contributed by atoms with van der Waals surface area (Å²) in [4.78, 5) is 30.5. The summed E-state index contributed by atoms with van der Waals surface area (Å²) in [6, 6.07) is 10.1. The van der Waals surface area contributed by atoms with Gasteiger partial charge in [-0.3, -0.25) is 14.5 Å². The molecule has 3 aliphatic heterocycles. The first-order valence-corrected chi connectivity index (χ1v) is 9.67. The highest BCUT2D eigenvalue weighted by atomic mass is 16.2. The van der Waals surface area contributed by atoms with Crippen LogP contribution in [0.5, 0.6) is 0 Å². The van der Waals surface area contributed by atoms with E-state index in [2.05, 4.69) is 21.2 Å². The number of hydrogen-bond acceptors (Lipinski definition) is 6. The lowest BCUT2D eigenvalue weighted by Gasteiger charge is -2.39. The minimum atomic E-state index is -0.155. The highest BCUT2D eigenvalue weighted by molar-refractivity contribution is 5.91. The van der Waals surface area contributed by atoms with Crippen LogP contribution in [-0.2, 0) is 9.59 Å². The lowest BCUT2D eigenvalue weighted by molar-refractivity contribution is -0.133. The van der Waals surface area contributed by atoms with Crippen molar-refractivity contribution < 1.29 is 9.59 Å². The van der Waals surface area contributed by atoms with Crippen molar-refractivity contribution in [3.8, 4) is 6.07 Å². The smallest absolute Gasteiger partial charge is 0.240 e. The van der Waals surface area contributed by atoms with Gasteiger partial charge in [0.25, 0.3) is 0 Å². The van der Waals surface area contributed by atoms with E-state index >= 15 is 0 Å². The number of carbonyl (C=O) groups excluding carboxylic acids is 2. The zero-order valence-electron chi connectivity index (χ0n) is 15.4. The third-order valence-corrected chi connectivity index (χ3v) is 5.94. The number of anilines is 1. The molecule has 27 heavy (non-hydrogen) atoms. The Bertz CT molecular complexity index is 749. The van der Waals surface area contributed by atoms with Crippen molar-refractivity contribution >= 4 is 17.4 Å². The second-order valence-electron chi connectivity index (χ2n) is 7.58. The number of benzene rings is 1. The average molecular weight is 367 g/mol. The van der Waals surface area contributed by atoms with Crippen molar-refractivity contribution in [1.82, 2.24) is 15.1 Å². The Balaban J connectivity index is 1.28. The molecule has 3 heterocycles. The van der Waals surface area contributed by atoms with Crippen LogP contribution in [0.4, 0.5) is 5.69 Å². The van der Waals surface area contributed by atoms with Gasteiger partial charge >= 0.3 is 0 Å². The number of likely N-dealkylation sites (tertiary alicyclic amines) is 1. The van der Waals surface area contributed by atoms with Gasteiger partial charge in [0, 0.05) is 57.4 Å². The first kappa shape index (κ1) is 18.0. The summed E-state index contributed by atoms with van der Waals surface area (Å²) in [5, 5.41) is 12.3. The maximum atomic E-state index is 12.6. The zero-order chi connectivity index (χ0) is 18.8. The lowest BCUT2D eigenvalue weighted by Crippen LogP contribution is -2.51. The number of piperazine rings is 1. The lowest BCUT2D eigenvalue weighted by atomic mass is 10.1. The summed E-state index contributed by atoms with van der Waals surface area (Å²) < 4.78 is 0. The zero-order valence-corrected chi connectivity index (χ0v) is 15.4. The summed E-state index contributed by atoms with van der Waals surface area (Å²) in [5.41, 5.74) is 1.84. The number of ketones is 1. The largest absolute Gasteiger partial charge is 0.369 e. The van der Waals surface area contributed by atoms with Gasteiger partial charge in [0.15, 0.2) is 5.78 Å². The van der Waals surface area contributed by atoms with Gasteiger partial charge in [-0.05, 0) is 30.7 Å². The minimum Gasteiger partial charge on any atom is -0.369 e. The van der Waals surface area contributed by atoms with Gasteiger partial charge in [0.05, 0.1) is 24.2 Å². The van der Waals surface area contributed by atoms with E-state index in [4.69, 9.17) is 5.26 Å². The molecular formula is C20H25N5O2. The van der Waals surface area contributed by atoms with Crippen molar-refractivity contribution in [2.45, 2.75) is 24.9 Å². The molecule has 0 bridgehead atoms. The molecule has 7 heteroatoms. The second-order valence-corrected chi connectivity index (χ2v) is 7.58. The molecule has 3 saturated heterocycles. The van der Waals surface area contributed by atoms with E-state index in [1.165, 1.54) is 0 Å². The Morgan fingerprint density at radius 3 is 2.48 bits per heavy atom. The Hall–Kier alpha value is -2.43. The van der Waals surface area contributed by atoms with Crippen LogP contribution in [0.1, 0.15) is 18.4 Å². The van der Waals surface area contributed by atoms with Crippen LogP contribution in [0.2, 0.25) is 0 Å². The maximum absolute atomic E-state index is 12.6. The monoisotopic (exact) mass is 367 g/mol. The van der Waals surface area contributed by atoms with Crippen molar-refractivity contribution in [3.05, 3.63) is 29.8 Å². The van der Waals surface area contributed by atoms with Crippen LogP contribution in [0.25, 0.3) is 0 Å². The molecule has 2 atom stereocenters. The fraction of sp³-hybridized carbons (Fsp3) is 0.550. The number of Topliss-reactive ketones (excluding diaryl/α,β-unsaturated/α-hetero) is 1. The number of nitrogens with one attached hydrogen (secondary N) is 1. The van der Waals surface area contributed by atoms with Crippen LogP contribution >= 0.6 is 0 Å². The van der Waals surface area contributed by atoms with E-state index in [1.807, 2.05) is 24.3 Å². The van der Waals surface area contributed by atoms with E-state index in [0.717, 1.165) is 44.8 Å². The molecule has 3 fully saturated rings. The molecule has 0 aromatic heterocycles. The van der Waals surface area contributed by atoms with Gasteiger partial charge < -0.3 is 15.1 Å².